The maximum absolute atomic E-state index is 4.06. The molecule has 5 heavy (non-hydrogen) atoms. The predicted molar refractivity (Wildman–Crippen MR) is 32.8 cm³/mol. The third-order valence-electron chi connectivity index (χ3n) is 0.418. The summed E-state index contributed by atoms with van der Waals surface area (Å²) in [4.78, 5) is 0.495. The van der Waals surface area contributed by atoms with Crippen LogP contribution in [0.15, 0.2) is 0 Å². The second-order valence-corrected chi connectivity index (χ2v) is 3.00. The van der Waals surface area contributed by atoms with Crippen LogP contribution in [0.5, 0.6) is 0 Å². The first kappa shape index (κ1) is 5.78. The number of hydrogen-bond acceptors (Lipinski definition) is 1. The van der Waals surface area contributed by atoms with E-state index in [-0.39, 0.29) is 0 Å². The molecule has 0 spiro atoms. The van der Waals surface area contributed by atoms with E-state index in [0.29, 0.717) is 4.99 Å². The monoisotopic (exact) mass is 108 g/mol. The normalized spacial score (nSPS) is 15.0. The highest BCUT2D eigenvalue weighted by Crippen LogP contribution is 2.06. The van der Waals surface area contributed by atoms with Crippen LogP contribution in [0.2, 0.25) is 0 Å². The van der Waals surface area contributed by atoms with Crippen LogP contribution < -0.4 is 0 Å². The third-order valence-corrected chi connectivity index (χ3v) is 1.25. The molecular weight excluding hydrogens is 99.1 g/mol. The molecule has 0 aliphatic rings. The van der Waals surface area contributed by atoms with E-state index in [4.69, 9.17) is 0 Å². The van der Waals surface area contributed by atoms with Gasteiger partial charge in [0.2, 0.25) is 0 Å². The first-order chi connectivity index (χ1) is 2.27. The minimum Gasteiger partial charge on any atom is -0.172 e. The zero-order chi connectivity index (χ0) is 4.28. The summed E-state index contributed by atoms with van der Waals surface area (Å²) in [7, 11) is 2.60. The first-order valence-electron chi connectivity index (χ1n) is 1.71. The van der Waals surface area contributed by atoms with Crippen molar-refractivity contribution in [1.29, 1.82) is 0 Å². The van der Waals surface area contributed by atoms with Crippen LogP contribution in [0.3, 0.4) is 0 Å². The Bertz CT molecular complexity index is 20.9. The van der Waals surface area contributed by atoms with E-state index in [1.165, 1.54) is 0 Å². The van der Waals surface area contributed by atoms with E-state index in [9.17, 15) is 0 Å². The molecule has 0 saturated heterocycles. The molecule has 0 bridgehead atoms. The third kappa shape index (κ3) is 4.78. The maximum Gasteiger partial charge on any atom is 0.0158 e. The molecule has 0 N–H and O–H groups in total. The fourth-order valence-electron chi connectivity index (χ4n) is 0. The Morgan fingerprint density at radius 1 is 2.00 bits per heavy atom. The highest BCUT2D eigenvalue weighted by atomic mass is 32.1. The SMILES string of the molecule is CCC(P)S. The zero-order valence-corrected chi connectivity index (χ0v) is 5.36. The Hall–Kier alpha value is 0.780. The van der Waals surface area contributed by atoms with Crippen molar-refractivity contribution in [3.8, 4) is 0 Å². The van der Waals surface area contributed by atoms with Gasteiger partial charge in [-0.15, -0.1) is 9.24 Å². The molecule has 0 fully saturated rings. The van der Waals surface area contributed by atoms with Crippen molar-refractivity contribution < 1.29 is 0 Å². The molecule has 0 rings (SSSR count). The molecule has 0 aromatic heterocycles. The quantitative estimate of drug-likeness (QED) is 0.382. The van der Waals surface area contributed by atoms with Crippen molar-refractivity contribution in [3.05, 3.63) is 0 Å². The van der Waals surface area contributed by atoms with Gasteiger partial charge in [-0.2, -0.15) is 12.6 Å². The van der Waals surface area contributed by atoms with Crippen molar-refractivity contribution in [2.45, 2.75) is 18.3 Å². The molecule has 0 amide bonds. The van der Waals surface area contributed by atoms with Crippen LogP contribution in [-0.4, -0.2) is 4.99 Å². The lowest BCUT2D eigenvalue weighted by Gasteiger charge is -1.89. The van der Waals surface area contributed by atoms with Gasteiger partial charge in [-0.1, -0.05) is 6.92 Å². The lowest BCUT2D eigenvalue weighted by Crippen LogP contribution is -1.74. The van der Waals surface area contributed by atoms with Crippen molar-refractivity contribution >= 4 is 21.9 Å². The van der Waals surface area contributed by atoms with Gasteiger partial charge in [0.15, 0.2) is 0 Å². The lowest BCUT2D eigenvalue weighted by atomic mass is 10.6. The van der Waals surface area contributed by atoms with Gasteiger partial charge in [-0.25, -0.2) is 0 Å². The molecule has 0 nitrogen and oxygen atoms in total. The summed E-state index contributed by atoms with van der Waals surface area (Å²) in [5.41, 5.74) is 0. The number of rotatable bonds is 1. The second-order valence-electron chi connectivity index (χ2n) is 0.976. The van der Waals surface area contributed by atoms with Crippen molar-refractivity contribution in [1.82, 2.24) is 0 Å². The average molecular weight is 108 g/mol. The smallest absolute Gasteiger partial charge is 0.0158 e. The molecule has 0 radical (unpaired) electrons. The van der Waals surface area contributed by atoms with Gasteiger partial charge in [-0.05, 0) is 6.42 Å². The molecule has 2 atom stereocenters. The van der Waals surface area contributed by atoms with Crippen LogP contribution in [0.25, 0.3) is 0 Å². The molecular formula is C3H9PS. The molecule has 0 aromatic carbocycles. The van der Waals surface area contributed by atoms with Gasteiger partial charge in [0.05, 0.1) is 0 Å². The molecule has 0 saturated carbocycles. The fourth-order valence-corrected chi connectivity index (χ4v) is 0. The van der Waals surface area contributed by atoms with Crippen molar-refractivity contribution in [2.75, 3.05) is 0 Å². The number of thiol groups is 1. The molecule has 0 aliphatic carbocycles. The van der Waals surface area contributed by atoms with E-state index in [1.807, 2.05) is 0 Å². The Labute approximate surface area is 41.0 Å². The summed E-state index contributed by atoms with van der Waals surface area (Å²) in [5.74, 6) is 0. The first-order valence-corrected chi connectivity index (χ1v) is 2.89. The lowest BCUT2D eigenvalue weighted by molar-refractivity contribution is 1.06. The molecule has 0 aromatic rings. The van der Waals surface area contributed by atoms with Crippen LogP contribution in [0.4, 0.5) is 0 Å². The summed E-state index contributed by atoms with van der Waals surface area (Å²) >= 11 is 4.06. The Morgan fingerprint density at radius 3 is 2.20 bits per heavy atom. The van der Waals surface area contributed by atoms with Crippen LogP contribution in [-0.2, 0) is 0 Å². The molecule has 0 heterocycles. The minimum atomic E-state index is 0.495. The van der Waals surface area contributed by atoms with Gasteiger partial charge >= 0.3 is 0 Å². The van der Waals surface area contributed by atoms with Crippen LogP contribution in [0.1, 0.15) is 13.3 Å². The van der Waals surface area contributed by atoms with E-state index < -0.39 is 0 Å². The molecule has 2 heteroatoms. The van der Waals surface area contributed by atoms with E-state index >= 15 is 0 Å². The summed E-state index contributed by atoms with van der Waals surface area (Å²) in [5, 5.41) is 0. The van der Waals surface area contributed by atoms with Gasteiger partial charge in [0.1, 0.15) is 0 Å². The largest absolute Gasteiger partial charge is 0.172 e. The van der Waals surface area contributed by atoms with Crippen molar-refractivity contribution in [2.24, 2.45) is 0 Å². The van der Waals surface area contributed by atoms with Gasteiger partial charge in [0, 0.05) is 4.99 Å². The standard InChI is InChI=1S/C3H9PS/c1-2-3(4)5/h3,5H,2,4H2,1H3. The Morgan fingerprint density at radius 2 is 2.20 bits per heavy atom. The highest BCUT2D eigenvalue weighted by molar-refractivity contribution is 7.85. The summed E-state index contributed by atoms with van der Waals surface area (Å²) in [6.45, 7) is 2.10. The fraction of sp³-hybridized carbons (Fsp3) is 1.00. The molecule has 0 aliphatic heterocycles. The van der Waals surface area contributed by atoms with E-state index in [1.54, 1.807) is 0 Å². The van der Waals surface area contributed by atoms with Crippen molar-refractivity contribution in [3.63, 3.8) is 0 Å². The maximum atomic E-state index is 4.06. The average Bonchev–Trinajstić information content (AvgIpc) is 1.38. The van der Waals surface area contributed by atoms with E-state index in [2.05, 4.69) is 28.8 Å². The Kier molecular flexibility index (Phi) is 3.46. The molecule has 2 unspecified atom stereocenters. The Balaban J connectivity index is 2.54. The van der Waals surface area contributed by atoms with E-state index in [0.717, 1.165) is 6.42 Å². The summed E-state index contributed by atoms with van der Waals surface area (Å²) in [6, 6.07) is 0. The second kappa shape index (κ2) is 2.99. The molecule has 32 valence electrons. The van der Waals surface area contributed by atoms with Crippen LogP contribution >= 0.6 is 21.9 Å². The summed E-state index contributed by atoms with van der Waals surface area (Å²) in [6.07, 6.45) is 1.13. The zero-order valence-electron chi connectivity index (χ0n) is 3.31. The number of hydrogen-bond donors (Lipinski definition) is 1. The van der Waals surface area contributed by atoms with Gasteiger partial charge < -0.3 is 0 Å². The van der Waals surface area contributed by atoms with Gasteiger partial charge in [0.25, 0.3) is 0 Å². The predicted octanol–water partition coefficient (Wildman–Crippen LogP) is 1.53. The van der Waals surface area contributed by atoms with Crippen LogP contribution in [0, 0.1) is 0 Å². The van der Waals surface area contributed by atoms with Gasteiger partial charge in [-0.3, -0.25) is 0 Å². The topological polar surface area (TPSA) is 0 Å². The highest BCUT2D eigenvalue weighted by Gasteiger charge is 1.81. The summed E-state index contributed by atoms with van der Waals surface area (Å²) < 4.78 is 0. The minimum absolute atomic E-state index is 0.495.